The van der Waals surface area contributed by atoms with Gasteiger partial charge in [-0.1, -0.05) is 31.9 Å². The molecule has 0 fully saturated rings. The van der Waals surface area contributed by atoms with E-state index in [9.17, 15) is 0 Å². The molecule has 5 heteroatoms. The lowest BCUT2D eigenvalue weighted by molar-refractivity contribution is 0.338. The molecule has 0 aliphatic rings. The average molecular weight is 386 g/mol. The number of nitrogens with zero attached hydrogens (tertiary/aromatic N) is 1. The number of rotatable bonds is 4. The van der Waals surface area contributed by atoms with E-state index in [0.29, 0.717) is 6.61 Å². The zero-order valence-corrected chi connectivity index (χ0v) is 13.6. The maximum atomic E-state index is 6.28. The number of nitrogens with two attached hydrogens (primary N) is 1. The van der Waals surface area contributed by atoms with Crippen LogP contribution in [0.15, 0.2) is 45.6 Å². The molecule has 1 unspecified atom stereocenters. The minimum atomic E-state index is -0.235. The molecule has 0 radical (unpaired) electrons. The fourth-order valence-corrected chi connectivity index (χ4v) is 3.13. The van der Waals surface area contributed by atoms with Crippen LogP contribution in [0.1, 0.15) is 24.1 Å². The summed E-state index contributed by atoms with van der Waals surface area (Å²) >= 11 is 6.93. The van der Waals surface area contributed by atoms with Crippen LogP contribution in [0.25, 0.3) is 0 Å². The Bertz CT molecular complexity index is 555. The third-order valence-electron chi connectivity index (χ3n) is 2.65. The zero-order chi connectivity index (χ0) is 13.8. The molecule has 1 aromatic carbocycles. The molecule has 0 amide bonds. The van der Waals surface area contributed by atoms with Gasteiger partial charge in [0, 0.05) is 15.1 Å². The molecule has 2 N–H and O–H groups in total. The van der Waals surface area contributed by atoms with Crippen LogP contribution in [0.5, 0.6) is 5.75 Å². The first-order valence-corrected chi connectivity index (χ1v) is 7.48. The van der Waals surface area contributed by atoms with E-state index in [1.165, 1.54) is 0 Å². The molecule has 0 aliphatic carbocycles. The molecule has 0 bridgehead atoms. The van der Waals surface area contributed by atoms with E-state index in [2.05, 4.69) is 36.8 Å². The number of pyridine rings is 1. The molecule has 2 aromatic rings. The summed E-state index contributed by atoms with van der Waals surface area (Å²) in [6, 6.07) is 7.67. The molecular formula is C14H14Br2N2O. The first-order chi connectivity index (χ1) is 9.10. The summed E-state index contributed by atoms with van der Waals surface area (Å²) in [6.07, 6.45) is 3.46. The van der Waals surface area contributed by atoms with E-state index < -0.39 is 0 Å². The van der Waals surface area contributed by atoms with Crippen molar-refractivity contribution in [1.29, 1.82) is 0 Å². The van der Waals surface area contributed by atoms with Crippen molar-refractivity contribution in [3.8, 4) is 5.75 Å². The Labute approximate surface area is 129 Å². The van der Waals surface area contributed by atoms with Gasteiger partial charge in [-0.25, -0.2) is 0 Å². The largest absolute Gasteiger partial charge is 0.492 e. The van der Waals surface area contributed by atoms with Crippen molar-refractivity contribution >= 4 is 31.9 Å². The van der Waals surface area contributed by atoms with Gasteiger partial charge >= 0.3 is 0 Å². The van der Waals surface area contributed by atoms with Crippen molar-refractivity contribution in [2.24, 2.45) is 5.73 Å². The third-order valence-corrected chi connectivity index (χ3v) is 3.56. The summed E-state index contributed by atoms with van der Waals surface area (Å²) in [5.74, 6) is 0.740. The van der Waals surface area contributed by atoms with Gasteiger partial charge in [0.25, 0.3) is 0 Å². The Morgan fingerprint density at radius 1 is 1.11 bits per heavy atom. The van der Waals surface area contributed by atoms with Crippen molar-refractivity contribution in [3.63, 3.8) is 0 Å². The van der Waals surface area contributed by atoms with E-state index in [4.69, 9.17) is 10.5 Å². The van der Waals surface area contributed by atoms with Gasteiger partial charge in [0.05, 0.1) is 18.8 Å². The number of aromatic nitrogens is 1. The summed E-state index contributed by atoms with van der Waals surface area (Å²) in [6.45, 7) is 2.56. The third kappa shape index (κ3) is 3.78. The monoisotopic (exact) mass is 384 g/mol. The highest BCUT2D eigenvalue weighted by Gasteiger charge is 2.11. The summed E-state index contributed by atoms with van der Waals surface area (Å²) in [5.41, 5.74) is 8.22. The number of benzene rings is 1. The predicted molar refractivity (Wildman–Crippen MR) is 83.3 cm³/mol. The summed E-state index contributed by atoms with van der Waals surface area (Å²) in [7, 11) is 0. The van der Waals surface area contributed by atoms with Gasteiger partial charge in [0.2, 0.25) is 0 Å². The predicted octanol–water partition coefficient (Wildman–Crippen LogP) is 4.05. The van der Waals surface area contributed by atoms with Crippen LogP contribution in [0.2, 0.25) is 0 Å². The van der Waals surface area contributed by atoms with E-state index in [-0.39, 0.29) is 6.04 Å². The van der Waals surface area contributed by atoms with Crippen molar-refractivity contribution in [2.75, 3.05) is 6.61 Å². The standard InChI is InChI=1S/C14H14Br2N2O/c1-2-19-13-5-10(7-18-8-13)14(17)9-3-11(15)6-12(16)4-9/h3-8,14H,2,17H2,1H3. The SMILES string of the molecule is CCOc1cncc(C(N)c2cc(Br)cc(Br)c2)c1. The fourth-order valence-electron chi connectivity index (χ4n) is 1.80. The zero-order valence-electron chi connectivity index (χ0n) is 10.4. The van der Waals surface area contributed by atoms with Crippen LogP contribution in [-0.4, -0.2) is 11.6 Å². The van der Waals surface area contributed by atoms with Crippen LogP contribution in [0.4, 0.5) is 0 Å². The Balaban J connectivity index is 2.32. The first-order valence-electron chi connectivity index (χ1n) is 5.89. The van der Waals surface area contributed by atoms with Crippen molar-refractivity contribution in [2.45, 2.75) is 13.0 Å². The van der Waals surface area contributed by atoms with Crippen LogP contribution in [0.3, 0.4) is 0 Å². The minimum Gasteiger partial charge on any atom is -0.492 e. The van der Waals surface area contributed by atoms with Crippen LogP contribution >= 0.6 is 31.9 Å². The van der Waals surface area contributed by atoms with Gasteiger partial charge in [-0.05, 0) is 42.3 Å². The molecule has 0 spiro atoms. The molecule has 1 aromatic heterocycles. The lowest BCUT2D eigenvalue weighted by atomic mass is 10.0. The molecule has 100 valence electrons. The minimum absolute atomic E-state index is 0.235. The second kappa shape index (κ2) is 6.50. The highest BCUT2D eigenvalue weighted by atomic mass is 79.9. The number of halogens is 2. The summed E-state index contributed by atoms with van der Waals surface area (Å²) in [5, 5.41) is 0. The molecule has 1 atom stereocenters. The molecular weight excluding hydrogens is 372 g/mol. The Morgan fingerprint density at radius 3 is 2.42 bits per heavy atom. The van der Waals surface area contributed by atoms with E-state index >= 15 is 0 Å². The van der Waals surface area contributed by atoms with Gasteiger partial charge in [-0.15, -0.1) is 0 Å². The maximum absolute atomic E-state index is 6.28. The molecule has 1 heterocycles. The summed E-state index contributed by atoms with van der Waals surface area (Å²) in [4.78, 5) is 4.17. The molecule has 2 rings (SSSR count). The molecule has 3 nitrogen and oxygen atoms in total. The van der Waals surface area contributed by atoms with Gasteiger partial charge in [0.1, 0.15) is 5.75 Å². The lowest BCUT2D eigenvalue weighted by Gasteiger charge is -2.14. The van der Waals surface area contributed by atoms with Crippen LogP contribution < -0.4 is 10.5 Å². The van der Waals surface area contributed by atoms with Crippen molar-refractivity contribution < 1.29 is 4.74 Å². The Kier molecular flexibility index (Phi) is 4.96. The lowest BCUT2D eigenvalue weighted by Crippen LogP contribution is -2.12. The fraction of sp³-hybridized carbons (Fsp3) is 0.214. The van der Waals surface area contributed by atoms with Crippen LogP contribution in [0, 0.1) is 0 Å². The number of hydrogen-bond acceptors (Lipinski definition) is 3. The smallest absolute Gasteiger partial charge is 0.137 e. The number of hydrogen-bond donors (Lipinski definition) is 1. The van der Waals surface area contributed by atoms with E-state index in [1.54, 1.807) is 12.4 Å². The van der Waals surface area contributed by atoms with Crippen molar-refractivity contribution in [1.82, 2.24) is 4.98 Å². The topological polar surface area (TPSA) is 48.1 Å². The summed E-state index contributed by atoms with van der Waals surface area (Å²) < 4.78 is 7.42. The van der Waals surface area contributed by atoms with Crippen molar-refractivity contribution in [3.05, 3.63) is 56.7 Å². The Morgan fingerprint density at radius 2 is 1.79 bits per heavy atom. The van der Waals surface area contributed by atoms with Gasteiger partial charge in [-0.3, -0.25) is 4.98 Å². The van der Waals surface area contributed by atoms with Crippen LogP contribution in [-0.2, 0) is 0 Å². The molecule has 19 heavy (non-hydrogen) atoms. The Hall–Kier alpha value is -0.910. The van der Waals surface area contributed by atoms with E-state index in [0.717, 1.165) is 25.8 Å². The second-order valence-corrected chi connectivity index (χ2v) is 5.90. The van der Waals surface area contributed by atoms with Gasteiger partial charge < -0.3 is 10.5 Å². The molecule has 0 aliphatic heterocycles. The second-order valence-electron chi connectivity index (χ2n) is 4.07. The highest BCUT2D eigenvalue weighted by Crippen LogP contribution is 2.27. The first kappa shape index (κ1) is 14.5. The quantitative estimate of drug-likeness (QED) is 0.863. The normalized spacial score (nSPS) is 12.2. The molecule has 0 saturated carbocycles. The van der Waals surface area contributed by atoms with Gasteiger partial charge in [0.15, 0.2) is 0 Å². The highest BCUT2D eigenvalue weighted by molar-refractivity contribution is 9.11. The van der Waals surface area contributed by atoms with Gasteiger partial charge in [-0.2, -0.15) is 0 Å². The average Bonchev–Trinajstić information content (AvgIpc) is 2.37. The maximum Gasteiger partial charge on any atom is 0.137 e. The molecule has 0 saturated heterocycles. The number of ether oxygens (including phenoxy) is 1. The van der Waals surface area contributed by atoms with E-state index in [1.807, 2.05) is 31.2 Å².